The van der Waals surface area contributed by atoms with Gasteiger partial charge in [0.05, 0.1) is 25.9 Å². The van der Waals surface area contributed by atoms with E-state index in [0.717, 1.165) is 24.7 Å². The highest BCUT2D eigenvalue weighted by molar-refractivity contribution is 6.03. The van der Waals surface area contributed by atoms with Crippen LogP contribution in [0.3, 0.4) is 0 Å². The number of alkyl halides is 1. The van der Waals surface area contributed by atoms with Crippen molar-refractivity contribution in [2.45, 2.75) is 51.2 Å². The number of aromatic nitrogens is 1. The zero-order chi connectivity index (χ0) is 23.3. The molecule has 1 aliphatic heterocycles. The topological polar surface area (TPSA) is 76.8 Å². The van der Waals surface area contributed by atoms with Crippen LogP contribution in [0.15, 0.2) is 16.5 Å². The number of benzene rings is 1. The van der Waals surface area contributed by atoms with Crippen LogP contribution < -0.4 is 15.0 Å². The number of fused-ring (bicyclic) bond motifs is 1. The summed E-state index contributed by atoms with van der Waals surface area (Å²) in [7, 11) is 1.63. The summed E-state index contributed by atoms with van der Waals surface area (Å²) in [6, 6.07) is 3.16. The summed E-state index contributed by atoms with van der Waals surface area (Å²) in [5.41, 5.74) is 0.574. The van der Waals surface area contributed by atoms with Gasteiger partial charge in [-0.3, -0.25) is 9.18 Å². The van der Waals surface area contributed by atoms with Gasteiger partial charge in [-0.2, -0.15) is 4.98 Å². The van der Waals surface area contributed by atoms with Gasteiger partial charge in [-0.25, -0.2) is 4.39 Å². The first-order valence-electron chi connectivity index (χ1n) is 11.4. The predicted molar refractivity (Wildman–Crippen MR) is 118 cm³/mol. The van der Waals surface area contributed by atoms with Crippen LogP contribution in [0.5, 0.6) is 5.75 Å². The quantitative estimate of drug-likeness (QED) is 0.632. The molecule has 5 rings (SSSR count). The number of aryl methyl sites for hydroxylation is 2. The molecular weight excluding hydrogens is 432 g/mol. The zero-order valence-corrected chi connectivity index (χ0v) is 19.1. The fraction of sp³-hybridized carbons (Fsp3) is 0.583. The SMILES string of the molecule is COC1(C)CN(c2nc(C(=O)Nc3cc(C)c(O[C@H]4CC5C[C@H]5C4)c(F)c3)c(CCF)o2)C1. The minimum absolute atomic E-state index is 0.00256. The van der Waals surface area contributed by atoms with Gasteiger partial charge < -0.3 is 24.1 Å². The molecule has 3 aliphatic rings. The Morgan fingerprint density at radius 3 is 2.67 bits per heavy atom. The van der Waals surface area contributed by atoms with E-state index in [-0.39, 0.29) is 47.0 Å². The first kappa shape index (κ1) is 22.1. The van der Waals surface area contributed by atoms with E-state index in [1.807, 2.05) is 11.8 Å². The number of amides is 1. The van der Waals surface area contributed by atoms with Crippen LogP contribution in [0.1, 0.15) is 48.0 Å². The lowest BCUT2D eigenvalue weighted by Crippen LogP contribution is -2.61. The summed E-state index contributed by atoms with van der Waals surface area (Å²) < 4.78 is 44.9. The van der Waals surface area contributed by atoms with Crippen molar-refractivity contribution in [3.05, 3.63) is 35.0 Å². The largest absolute Gasteiger partial charge is 0.487 e. The molecule has 0 radical (unpaired) electrons. The monoisotopic (exact) mass is 461 g/mol. The molecule has 2 saturated carbocycles. The Morgan fingerprint density at radius 1 is 1.30 bits per heavy atom. The molecule has 3 atom stereocenters. The molecule has 1 aromatic heterocycles. The Labute approximate surface area is 191 Å². The van der Waals surface area contributed by atoms with Gasteiger partial charge >= 0.3 is 0 Å². The summed E-state index contributed by atoms with van der Waals surface area (Å²) in [5.74, 6) is 0.777. The number of hydrogen-bond donors (Lipinski definition) is 1. The summed E-state index contributed by atoms with van der Waals surface area (Å²) in [6.07, 6.45) is 3.21. The second kappa shape index (κ2) is 8.27. The molecular formula is C24H29F2N3O4. The number of hydrogen-bond acceptors (Lipinski definition) is 6. The van der Waals surface area contributed by atoms with Crippen LogP contribution in [-0.4, -0.2) is 49.5 Å². The van der Waals surface area contributed by atoms with Gasteiger partial charge in [0.1, 0.15) is 11.4 Å². The number of methoxy groups -OCH3 is 1. The number of anilines is 2. The highest BCUT2D eigenvalue weighted by Crippen LogP contribution is 2.52. The Bertz CT molecular complexity index is 1030. The molecule has 1 aromatic carbocycles. The molecule has 3 fully saturated rings. The third kappa shape index (κ3) is 4.30. The predicted octanol–water partition coefficient (Wildman–Crippen LogP) is 4.29. The maximum Gasteiger partial charge on any atom is 0.298 e. The fourth-order valence-corrected chi connectivity index (χ4v) is 5.00. The van der Waals surface area contributed by atoms with E-state index in [0.29, 0.717) is 18.7 Å². The Morgan fingerprint density at radius 2 is 2.03 bits per heavy atom. The highest BCUT2D eigenvalue weighted by atomic mass is 19.1. The lowest BCUT2D eigenvalue weighted by molar-refractivity contribution is -0.0191. The zero-order valence-electron chi connectivity index (χ0n) is 19.1. The normalized spacial score (nSPS) is 24.9. The molecule has 0 spiro atoms. The van der Waals surface area contributed by atoms with E-state index in [1.165, 1.54) is 12.5 Å². The highest BCUT2D eigenvalue weighted by Gasteiger charge is 2.47. The van der Waals surface area contributed by atoms with Crippen LogP contribution in [0.25, 0.3) is 0 Å². The van der Waals surface area contributed by atoms with Gasteiger partial charge in [-0.1, -0.05) is 0 Å². The summed E-state index contributed by atoms with van der Waals surface area (Å²) in [4.78, 5) is 19.0. The number of halogens is 2. The van der Waals surface area contributed by atoms with E-state index in [4.69, 9.17) is 13.9 Å². The molecule has 7 nitrogen and oxygen atoms in total. The van der Waals surface area contributed by atoms with Crippen LogP contribution in [-0.2, 0) is 11.2 Å². The number of nitrogens with zero attached hydrogens (tertiary/aromatic N) is 2. The van der Waals surface area contributed by atoms with Crippen molar-refractivity contribution in [2.75, 3.05) is 37.1 Å². The van der Waals surface area contributed by atoms with Crippen molar-refractivity contribution in [3.63, 3.8) is 0 Å². The van der Waals surface area contributed by atoms with Crippen LogP contribution in [0.4, 0.5) is 20.5 Å². The number of ether oxygens (including phenoxy) is 2. The van der Waals surface area contributed by atoms with E-state index in [2.05, 4.69) is 10.3 Å². The van der Waals surface area contributed by atoms with Crippen LogP contribution in [0.2, 0.25) is 0 Å². The van der Waals surface area contributed by atoms with E-state index >= 15 is 0 Å². The number of rotatable bonds is 8. The summed E-state index contributed by atoms with van der Waals surface area (Å²) in [6.45, 7) is 4.13. The van der Waals surface area contributed by atoms with Gasteiger partial charge in [-0.15, -0.1) is 0 Å². The minimum atomic E-state index is -0.687. The number of carbonyl (C=O) groups excluding carboxylic acids is 1. The molecule has 2 heterocycles. The molecule has 2 aliphatic carbocycles. The molecule has 9 heteroatoms. The van der Waals surface area contributed by atoms with Crippen LogP contribution in [0, 0.1) is 24.6 Å². The van der Waals surface area contributed by atoms with Gasteiger partial charge in [0.25, 0.3) is 11.9 Å². The van der Waals surface area contributed by atoms with Crippen molar-refractivity contribution in [3.8, 4) is 5.75 Å². The standard InChI is InChI=1S/C24H29F2N3O4/c1-13-6-16(10-18(26)21(13)32-17-8-14-7-15(14)9-17)27-22(30)20-19(4-5-25)33-23(28-20)29-11-24(2,12-29)31-3/h6,10,14-15,17H,4-5,7-9,11-12H2,1-3H3,(H,27,30)/t14-,15?,17+/m0/s1. The Kier molecular flexibility index (Phi) is 5.55. The van der Waals surface area contributed by atoms with E-state index in [9.17, 15) is 13.6 Å². The van der Waals surface area contributed by atoms with Gasteiger partial charge in [0.15, 0.2) is 17.3 Å². The fourth-order valence-electron chi connectivity index (χ4n) is 5.00. The van der Waals surface area contributed by atoms with Gasteiger partial charge in [0.2, 0.25) is 0 Å². The van der Waals surface area contributed by atoms with Gasteiger partial charge in [0, 0.05) is 25.3 Å². The third-order valence-electron chi connectivity index (χ3n) is 7.01. The lowest BCUT2D eigenvalue weighted by Gasteiger charge is -2.45. The Hall–Kier alpha value is -2.68. The minimum Gasteiger partial charge on any atom is -0.487 e. The lowest BCUT2D eigenvalue weighted by atomic mass is 9.97. The molecule has 2 aromatic rings. The molecule has 178 valence electrons. The third-order valence-corrected chi connectivity index (χ3v) is 7.01. The molecule has 1 saturated heterocycles. The molecule has 33 heavy (non-hydrogen) atoms. The molecule has 0 bridgehead atoms. The summed E-state index contributed by atoms with van der Waals surface area (Å²) >= 11 is 0. The second-order valence-electron chi connectivity index (χ2n) is 9.74. The maximum absolute atomic E-state index is 14.8. The van der Waals surface area contributed by atoms with E-state index < -0.39 is 18.4 Å². The average molecular weight is 462 g/mol. The molecule has 1 unspecified atom stereocenters. The van der Waals surface area contributed by atoms with Crippen molar-refractivity contribution in [2.24, 2.45) is 11.8 Å². The molecule has 1 amide bonds. The second-order valence-corrected chi connectivity index (χ2v) is 9.74. The van der Waals surface area contributed by atoms with Gasteiger partial charge in [-0.05, 0) is 56.6 Å². The first-order valence-corrected chi connectivity index (χ1v) is 11.4. The smallest absolute Gasteiger partial charge is 0.298 e. The number of nitrogens with one attached hydrogen (secondary N) is 1. The average Bonchev–Trinajstić information content (AvgIpc) is 3.16. The number of oxazole rings is 1. The number of carbonyl (C=O) groups is 1. The molecule has 1 N–H and O–H groups in total. The van der Waals surface area contributed by atoms with Crippen molar-refractivity contribution in [1.82, 2.24) is 4.98 Å². The van der Waals surface area contributed by atoms with Crippen LogP contribution >= 0.6 is 0 Å². The summed E-state index contributed by atoms with van der Waals surface area (Å²) in [5, 5.41) is 2.67. The Balaban J connectivity index is 1.29. The first-order chi connectivity index (χ1) is 15.8. The van der Waals surface area contributed by atoms with E-state index in [1.54, 1.807) is 20.1 Å². The van der Waals surface area contributed by atoms with Crippen molar-refractivity contribution in [1.29, 1.82) is 0 Å². The van der Waals surface area contributed by atoms with Crippen molar-refractivity contribution < 1.29 is 27.5 Å². The van der Waals surface area contributed by atoms with Crippen molar-refractivity contribution >= 4 is 17.6 Å². The maximum atomic E-state index is 14.8.